The van der Waals surface area contributed by atoms with Gasteiger partial charge in [0.05, 0.1) is 34.8 Å². The first-order valence-corrected chi connectivity index (χ1v) is 12.0. The molecule has 9 nitrogen and oxygen atoms in total. The number of hydrogen-bond acceptors (Lipinski definition) is 7. The van der Waals surface area contributed by atoms with Crippen LogP contribution >= 0.6 is 0 Å². The van der Waals surface area contributed by atoms with Gasteiger partial charge in [0.25, 0.3) is 5.91 Å². The minimum atomic E-state index is -0.684. The van der Waals surface area contributed by atoms with Gasteiger partial charge < -0.3 is 20.6 Å². The molecule has 2 aromatic heterocycles. The summed E-state index contributed by atoms with van der Waals surface area (Å²) in [7, 11) is 0. The Kier molecular flexibility index (Phi) is 6.46. The van der Waals surface area contributed by atoms with E-state index in [1.807, 2.05) is 25.1 Å². The summed E-state index contributed by atoms with van der Waals surface area (Å²) < 4.78 is 16.2. The molecule has 37 heavy (non-hydrogen) atoms. The van der Waals surface area contributed by atoms with Crippen molar-refractivity contribution in [3.63, 3.8) is 0 Å². The average Bonchev–Trinajstić information content (AvgIpc) is 3.52. The summed E-state index contributed by atoms with van der Waals surface area (Å²) >= 11 is 0. The topological polar surface area (TPSA) is 118 Å². The highest BCUT2D eigenvalue weighted by Gasteiger charge is 2.27. The summed E-state index contributed by atoms with van der Waals surface area (Å²) in [6.45, 7) is 7.56. The van der Waals surface area contributed by atoms with Gasteiger partial charge in [-0.3, -0.25) is 9.20 Å². The molecule has 0 atom stereocenters. The molecular weight excluding hydrogens is 473 g/mol. The fourth-order valence-electron chi connectivity index (χ4n) is 4.79. The number of pyridine rings is 1. The zero-order chi connectivity index (χ0) is 26.1. The van der Waals surface area contributed by atoms with Crippen LogP contribution in [0.1, 0.15) is 41.3 Å². The predicted molar refractivity (Wildman–Crippen MR) is 138 cm³/mol. The van der Waals surface area contributed by atoms with E-state index in [-0.39, 0.29) is 23.2 Å². The Morgan fingerprint density at radius 3 is 2.86 bits per heavy atom. The molecule has 1 amide bonds. The minimum Gasteiger partial charge on any atom is -0.393 e. The van der Waals surface area contributed by atoms with Crippen LogP contribution in [0.3, 0.4) is 0 Å². The van der Waals surface area contributed by atoms with Crippen molar-refractivity contribution >= 4 is 24.0 Å². The van der Waals surface area contributed by atoms with Gasteiger partial charge in [-0.25, -0.2) is 14.4 Å². The fraction of sp³-hybridized carbons (Fsp3) is 0.259. The molecule has 0 spiro atoms. The number of nitrogens with one attached hydrogen (secondary N) is 2. The minimum absolute atomic E-state index is 0.0498. The lowest BCUT2D eigenvalue weighted by atomic mass is 9.99. The van der Waals surface area contributed by atoms with Crippen molar-refractivity contribution in [1.29, 1.82) is 5.26 Å². The molecule has 0 radical (unpaired) electrons. The molecule has 0 aliphatic carbocycles. The van der Waals surface area contributed by atoms with Gasteiger partial charge in [-0.15, -0.1) is 0 Å². The highest BCUT2D eigenvalue weighted by Crippen LogP contribution is 2.35. The lowest BCUT2D eigenvalue weighted by molar-refractivity contribution is 0.0963. The first kappa shape index (κ1) is 24.2. The third-order valence-corrected chi connectivity index (χ3v) is 6.86. The van der Waals surface area contributed by atoms with Crippen LogP contribution in [-0.4, -0.2) is 51.2 Å². The maximum absolute atomic E-state index is 14.6. The number of hydrogen-bond donors (Lipinski definition) is 3. The van der Waals surface area contributed by atoms with Crippen LogP contribution in [-0.2, 0) is 6.54 Å². The maximum atomic E-state index is 14.6. The molecule has 3 aromatic rings. The number of amides is 1. The number of nitriles is 1. The number of aromatic nitrogens is 2. The molecule has 5 rings (SSSR count). The third-order valence-electron chi connectivity index (χ3n) is 6.86. The number of imidazole rings is 1. The van der Waals surface area contributed by atoms with Gasteiger partial charge in [0, 0.05) is 37.1 Å². The van der Waals surface area contributed by atoms with Gasteiger partial charge in [-0.05, 0) is 56.3 Å². The lowest BCUT2D eigenvalue weighted by Gasteiger charge is -2.31. The van der Waals surface area contributed by atoms with Crippen LogP contribution in [0.4, 0.5) is 10.1 Å². The predicted octanol–water partition coefficient (Wildman–Crippen LogP) is 3.57. The van der Waals surface area contributed by atoms with Crippen molar-refractivity contribution in [3.8, 4) is 17.3 Å². The van der Waals surface area contributed by atoms with Gasteiger partial charge in [0.15, 0.2) is 11.5 Å². The number of benzene rings is 1. The van der Waals surface area contributed by atoms with Crippen molar-refractivity contribution in [2.24, 2.45) is 4.99 Å². The van der Waals surface area contributed by atoms with E-state index in [0.29, 0.717) is 29.3 Å². The number of aliphatic imine (C=N–C) groups is 1. The van der Waals surface area contributed by atoms with E-state index in [1.54, 1.807) is 22.7 Å². The molecule has 1 fully saturated rings. The van der Waals surface area contributed by atoms with Crippen molar-refractivity contribution in [2.45, 2.75) is 32.4 Å². The standard InChI is InChI=1S/C27H26FN7O2/c1-16(34-10-8-18(36)9-11-34)3-6-23(30-2)33-21-5-4-19(20-14-32-27(37)24(20)21)22-15-31-26-25(28)17(13-29)7-12-35(22)26/h3-7,12,15,18,33,36H,2,8-11,14H2,1H3,(H,32,37)/b16-3+,23-6+. The van der Waals surface area contributed by atoms with Gasteiger partial charge in [0.1, 0.15) is 11.9 Å². The molecule has 2 aliphatic heterocycles. The van der Waals surface area contributed by atoms with Crippen LogP contribution < -0.4 is 10.6 Å². The highest BCUT2D eigenvalue weighted by atomic mass is 19.1. The number of fused-ring (bicyclic) bond motifs is 2. The normalized spacial score (nSPS) is 16.5. The molecule has 0 saturated carbocycles. The van der Waals surface area contributed by atoms with Crippen molar-refractivity contribution < 1.29 is 14.3 Å². The number of rotatable bonds is 6. The molecule has 10 heteroatoms. The van der Waals surface area contributed by atoms with Crippen molar-refractivity contribution in [1.82, 2.24) is 19.6 Å². The first-order valence-electron chi connectivity index (χ1n) is 12.0. The van der Waals surface area contributed by atoms with E-state index in [9.17, 15) is 14.3 Å². The third kappa shape index (κ3) is 4.45. The molecule has 188 valence electrons. The molecule has 2 aliphatic rings. The maximum Gasteiger partial charge on any atom is 0.254 e. The lowest BCUT2D eigenvalue weighted by Crippen LogP contribution is -2.34. The number of aliphatic hydroxyl groups excluding tert-OH is 1. The van der Waals surface area contributed by atoms with Gasteiger partial charge in [-0.2, -0.15) is 5.26 Å². The van der Waals surface area contributed by atoms with Crippen LogP contribution in [0.2, 0.25) is 0 Å². The Bertz CT molecular complexity index is 1510. The summed E-state index contributed by atoms with van der Waals surface area (Å²) in [5.41, 5.74) is 4.17. The summed E-state index contributed by atoms with van der Waals surface area (Å²) in [4.78, 5) is 23.3. The highest BCUT2D eigenvalue weighted by molar-refractivity contribution is 6.05. The first-order chi connectivity index (χ1) is 17.9. The molecule has 3 N–H and O–H groups in total. The summed E-state index contributed by atoms with van der Waals surface area (Å²) in [5.74, 6) is -0.434. The molecule has 1 saturated heterocycles. The van der Waals surface area contributed by atoms with Gasteiger partial charge >= 0.3 is 0 Å². The average molecular weight is 500 g/mol. The molecule has 1 aromatic carbocycles. The fourth-order valence-corrected chi connectivity index (χ4v) is 4.79. The SMILES string of the molecule is C=N/C(=C\C=C(/C)N1CCC(O)CC1)Nc1ccc(-c2cnc3c(F)c(C#N)ccn23)c2c1C(=O)NC2. The smallest absolute Gasteiger partial charge is 0.254 e. The molecular formula is C27H26FN7O2. The van der Waals surface area contributed by atoms with Crippen molar-refractivity contribution in [2.75, 3.05) is 18.4 Å². The Labute approximate surface area is 213 Å². The van der Waals surface area contributed by atoms with E-state index >= 15 is 0 Å². The zero-order valence-electron chi connectivity index (χ0n) is 20.3. The Balaban J connectivity index is 1.47. The van der Waals surface area contributed by atoms with Crippen LogP contribution in [0, 0.1) is 17.1 Å². The number of piperidine rings is 1. The number of anilines is 1. The molecule has 0 unspecified atom stereocenters. The monoisotopic (exact) mass is 499 g/mol. The quantitative estimate of drug-likeness (QED) is 0.353. The van der Waals surface area contributed by atoms with Gasteiger partial charge in [0.2, 0.25) is 0 Å². The molecule has 4 heterocycles. The second-order valence-electron chi connectivity index (χ2n) is 9.05. The number of carbonyl (C=O) groups is 1. The second kappa shape index (κ2) is 9.87. The Morgan fingerprint density at radius 1 is 1.35 bits per heavy atom. The van der Waals surface area contributed by atoms with Crippen LogP contribution in [0.15, 0.2) is 59.3 Å². The van der Waals surface area contributed by atoms with Crippen LogP contribution in [0.25, 0.3) is 16.9 Å². The Hall–Kier alpha value is -4.49. The summed E-state index contributed by atoms with van der Waals surface area (Å²) in [6, 6.07) is 6.86. The van der Waals surface area contributed by atoms with E-state index in [2.05, 4.69) is 32.2 Å². The Morgan fingerprint density at radius 2 is 2.14 bits per heavy atom. The number of likely N-dealkylation sites (tertiary alicyclic amines) is 1. The number of halogens is 1. The van der Waals surface area contributed by atoms with Crippen molar-refractivity contribution in [3.05, 3.63) is 76.8 Å². The van der Waals surface area contributed by atoms with Crippen LogP contribution in [0.5, 0.6) is 0 Å². The van der Waals surface area contributed by atoms with E-state index in [4.69, 9.17) is 5.26 Å². The van der Waals surface area contributed by atoms with E-state index < -0.39 is 5.82 Å². The summed E-state index contributed by atoms with van der Waals surface area (Å²) in [5, 5.41) is 24.9. The number of nitrogens with zero attached hydrogens (tertiary/aromatic N) is 5. The van der Waals surface area contributed by atoms with Gasteiger partial charge in [-0.1, -0.05) is 6.07 Å². The largest absolute Gasteiger partial charge is 0.393 e. The number of carbonyl (C=O) groups excluding carboxylic acids is 1. The number of aliphatic hydroxyl groups is 1. The van der Waals surface area contributed by atoms with E-state index in [0.717, 1.165) is 42.8 Å². The van der Waals surface area contributed by atoms with E-state index in [1.165, 1.54) is 12.3 Å². The number of allylic oxidation sites excluding steroid dienone is 3. The summed E-state index contributed by atoms with van der Waals surface area (Å²) in [6.07, 6.45) is 8.12. The zero-order valence-corrected chi connectivity index (χ0v) is 20.3. The second-order valence-corrected chi connectivity index (χ2v) is 9.05. The molecule has 0 bridgehead atoms.